The standard InChI is InChI=1S/C18H18O4S/c1-2-22-17(19)11-13-7-9-15(10-8-13)23-12-14-5-3-4-6-16(14)18(20)21/h3-10H,2,11-12H2,1H3,(H,20,21). The Morgan fingerprint density at radius 2 is 1.78 bits per heavy atom. The van der Waals surface area contributed by atoms with Crippen molar-refractivity contribution >= 4 is 23.7 Å². The smallest absolute Gasteiger partial charge is 0.335 e. The van der Waals surface area contributed by atoms with Gasteiger partial charge in [0, 0.05) is 10.6 Å². The third-order valence-electron chi connectivity index (χ3n) is 3.22. The highest BCUT2D eigenvalue weighted by Crippen LogP contribution is 2.25. The fourth-order valence-corrected chi connectivity index (χ4v) is 3.00. The first-order valence-electron chi connectivity index (χ1n) is 7.28. The minimum absolute atomic E-state index is 0.233. The van der Waals surface area contributed by atoms with Crippen LogP contribution in [0.1, 0.15) is 28.4 Å². The molecular formula is C18H18O4S. The molecule has 5 heteroatoms. The molecule has 0 heterocycles. The molecule has 0 radical (unpaired) electrons. The van der Waals surface area contributed by atoms with Gasteiger partial charge in [0.05, 0.1) is 18.6 Å². The summed E-state index contributed by atoms with van der Waals surface area (Å²) < 4.78 is 4.92. The Kier molecular flexibility index (Phi) is 6.23. The Labute approximate surface area is 139 Å². The number of ether oxygens (including phenoxy) is 1. The maximum absolute atomic E-state index is 11.4. The van der Waals surface area contributed by atoms with Crippen molar-refractivity contribution in [3.63, 3.8) is 0 Å². The van der Waals surface area contributed by atoms with Crippen molar-refractivity contribution in [3.05, 3.63) is 65.2 Å². The van der Waals surface area contributed by atoms with Gasteiger partial charge in [-0.15, -0.1) is 11.8 Å². The molecule has 2 aromatic carbocycles. The highest BCUT2D eigenvalue weighted by Gasteiger charge is 2.09. The zero-order valence-electron chi connectivity index (χ0n) is 12.8. The minimum atomic E-state index is -0.911. The first kappa shape index (κ1) is 17.1. The van der Waals surface area contributed by atoms with Crippen molar-refractivity contribution in [2.24, 2.45) is 0 Å². The van der Waals surface area contributed by atoms with Gasteiger partial charge in [-0.2, -0.15) is 0 Å². The van der Waals surface area contributed by atoms with Gasteiger partial charge in [-0.25, -0.2) is 4.79 Å². The van der Waals surface area contributed by atoms with Crippen molar-refractivity contribution in [2.45, 2.75) is 24.0 Å². The van der Waals surface area contributed by atoms with E-state index >= 15 is 0 Å². The van der Waals surface area contributed by atoms with Gasteiger partial charge in [-0.05, 0) is 36.2 Å². The summed E-state index contributed by atoms with van der Waals surface area (Å²) in [6.07, 6.45) is 0.265. The van der Waals surface area contributed by atoms with Crippen LogP contribution in [-0.2, 0) is 21.7 Å². The molecule has 0 aliphatic carbocycles. The van der Waals surface area contributed by atoms with Crippen LogP contribution in [0.3, 0.4) is 0 Å². The molecule has 0 aliphatic heterocycles. The van der Waals surface area contributed by atoms with Crippen LogP contribution in [-0.4, -0.2) is 23.7 Å². The number of hydrogen-bond acceptors (Lipinski definition) is 4. The van der Waals surface area contributed by atoms with E-state index in [4.69, 9.17) is 4.74 Å². The van der Waals surface area contributed by atoms with Crippen LogP contribution in [0.25, 0.3) is 0 Å². The molecule has 120 valence electrons. The topological polar surface area (TPSA) is 63.6 Å². The zero-order chi connectivity index (χ0) is 16.7. The maximum Gasteiger partial charge on any atom is 0.335 e. The lowest BCUT2D eigenvalue weighted by molar-refractivity contribution is -0.142. The molecule has 2 aromatic rings. The van der Waals surface area contributed by atoms with E-state index in [0.717, 1.165) is 16.0 Å². The predicted molar refractivity (Wildman–Crippen MR) is 89.7 cm³/mol. The number of carbonyl (C=O) groups excluding carboxylic acids is 1. The molecule has 4 nitrogen and oxygen atoms in total. The second kappa shape index (κ2) is 8.39. The molecule has 0 spiro atoms. The molecule has 0 amide bonds. The Morgan fingerprint density at radius 1 is 1.09 bits per heavy atom. The number of carbonyl (C=O) groups is 2. The summed E-state index contributed by atoms with van der Waals surface area (Å²) in [4.78, 5) is 23.6. The van der Waals surface area contributed by atoms with E-state index in [-0.39, 0.29) is 12.4 Å². The molecule has 0 fully saturated rings. The Bertz CT molecular complexity index is 680. The number of thioether (sulfide) groups is 1. The number of benzene rings is 2. The van der Waals surface area contributed by atoms with E-state index in [9.17, 15) is 14.7 Å². The van der Waals surface area contributed by atoms with Gasteiger partial charge >= 0.3 is 11.9 Å². The lowest BCUT2D eigenvalue weighted by Gasteiger charge is -2.07. The number of hydrogen-bond donors (Lipinski definition) is 1. The van der Waals surface area contributed by atoms with Crippen molar-refractivity contribution < 1.29 is 19.4 Å². The Morgan fingerprint density at radius 3 is 2.43 bits per heavy atom. The third-order valence-corrected chi connectivity index (χ3v) is 4.28. The fraction of sp³-hybridized carbons (Fsp3) is 0.222. The second-order valence-corrected chi connectivity index (χ2v) is 5.93. The van der Waals surface area contributed by atoms with Gasteiger partial charge in [0.1, 0.15) is 0 Å². The number of aromatic carboxylic acids is 1. The summed E-state index contributed by atoms with van der Waals surface area (Å²) in [6, 6.07) is 14.6. The van der Waals surface area contributed by atoms with E-state index in [1.165, 1.54) is 0 Å². The first-order valence-corrected chi connectivity index (χ1v) is 8.27. The monoisotopic (exact) mass is 330 g/mol. The van der Waals surface area contributed by atoms with Crippen LogP contribution in [0.2, 0.25) is 0 Å². The minimum Gasteiger partial charge on any atom is -0.478 e. The number of esters is 1. The molecule has 0 aliphatic rings. The fourth-order valence-electron chi connectivity index (χ4n) is 2.10. The van der Waals surface area contributed by atoms with Crippen molar-refractivity contribution in [2.75, 3.05) is 6.61 Å². The summed E-state index contributed by atoms with van der Waals surface area (Å²) in [5.74, 6) is -0.561. The third kappa shape index (κ3) is 5.14. The van der Waals surface area contributed by atoms with Gasteiger partial charge in [0.15, 0.2) is 0 Å². The second-order valence-electron chi connectivity index (χ2n) is 4.88. The SMILES string of the molecule is CCOC(=O)Cc1ccc(SCc2ccccc2C(=O)O)cc1. The molecule has 0 aromatic heterocycles. The van der Waals surface area contributed by atoms with Crippen LogP contribution in [0, 0.1) is 0 Å². The number of carboxylic acids is 1. The van der Waals surface area contributed by atoms with E-state index in [0.29, 0.717) is 17.9 Å². The Balaban J connectivity index is 1.97. The largest absolute Gasteiger partial charge is 0.478 e. The van der Waals surface area contributed by atoms with Crippen LogP contribution in [0.4, 0.5) is 0 Å². The molecule has 0 saturated heterocycles. The summed E-state index contributed by atoms with van der Waals surface area (Å²) in [6.45, 7) is 2.17. The van der Waals surface area contributed by atoms with Gasteiger partial charge in [0.25, 0.3) is 0 Å². The summed E-state index contributed by atoms with van der Waals surface area (Å²) in [5.41, 5.74) is 2.03. The van der Waals surface area contributed by atoms with E-state index in [1.54, 1.807) is 30.8 Å². The van der Waals surface area contributed by atoms with Gasteiger partial charge in [0.2, 0.25) is 0 Å². The highest BCUT2D eigenvalue weighted by molar-refractivity contribution is 7.98. The first-order chi connectivity index (χ1) is 11.1. The average molecular weight is 330 g/mol. The molecule has 1 N–H and O–H groups in total. The quantitative estimate of drug-likeness (QED) is 0.618. The Hall–Kier alpha value is -2.27. The molecule has 0 atom stereocenters. The van der Waals surface area contributed by atoms with Crippen molar-refractivity contribution in [3.8, 4) is 0 Å². The van der Waals surface area contributed by atoms with Crippen LogP contribution in [0.15, 0.2) is 53.4 Å². The van der Waals surface area contributed by atoms with Gasteiger partial charge in [-0.1, -0.05) is 30.3 Å². The normalized spacial score (nSPS) is 10.3. The van der Waals surface area contributed by atoms with Crippen LogP contribution in [0.5, 0.6) is 0 Å². The number of carboxylic acid groups (broad SMARTS) is 1. The molecule has 2 rings (SSSR count). The molecule has 0 saturated carbocycles. The highest BCUT2D eigenvalue weighted by atomic mass is 32.2. The van der Waals surface area contributed by atoms with Crippen LogP contribution >= 0.6 is 11.8 Å². The van der Waals surface area contributed by atoms with Gasteiger partial charge < -0.3 is 9.84 Å². The van der Waals surface area contributed by atoms with E-state index < -0.39 is 5.97 Å². The lowest BCUT2D eigenvalue weighted by Crippen LogP contribution is -2.07. The molecule has 23 heavy (non-hydrogen) atoms. The molecular weight excluding hydrogens is 312 g/mol. The maximum atomic E-state index is 11.4. The lowest BCUT2D eigenvalue weighted by atomic mass is 10.1. The predicted octanol–water partition coefficient (Wildman–Crippen LogP) is 3.78. The van der Waals surface area contributed by atoms with Gasteiger partial charge in [-0.3, -0.25) is 4.79 Å². The van der Waals surface area contributed by atoms with Crippen molar-refractivity contribution in [1.29, 1.82) is 0 Å². The molecule has 0 bridgehead atoms. The van der Waals surface area contributed by atoms with E-state index in [2.05, 4.69) is 0 Å². The van der Waals surface area contributed by atoms with E-state index in [1.807, 2.05) is 36.4 Å². The summed E-state index contributed by atoms with van der Waals surface area (Å²) >= 11 is 1.56. The van der Waals surface area contributed by atoms with Crippen LogP contribution < -0.4 is 0 Å². The molecule has 0 unspecified atom stereocenters. The van der Waals surface area contributed by atoms with Crippen molar-refractivity contribution in [1.82, 2.24) is 0 Å². The summed E-state index contributed by atoms with van der Waals surface area (Å²) in [7, 11) is 0. The average Bonchev–Trinajstić information content (AvgIpc) is 2.54. The number of rotatable bonds is 7. The summed E-state index contributed by atoms with van der Waals surface area (Å²) in [5, 5.41) is 9.17. The zero-order valence-corrected chi connectivity index (χ0v) is 13.6.